The number of hydrogen-bond acceptors (Lipinski definition) is 2. The van der Waals surface area contributed by atoms with E-state index in [1.807, 2.05) is 12.1 Å². The minimum absolute atomic E-state index is 0.532. The van der Waals surface area contributed by atoms with E-state index in [1.165, 1.54) is 11.1 Å². The van der Waals surface area contributed by atoms with Gasteiger partial charge in [-0.3, -0.25) is 0 Å². The van der Waals surface area contributed by atoms with Crippen LogP contribution in [-0.2, 0) is 6.54 Å². The van der Waals surface area contributed by atoms with Gasteiger partial charge >= 0.3 is 0 Å². The third-order valence-corrected chi connectivity index (χ3v) is 2.83. The summed E-state index contributed by atoms with van der Waals surface area (Å²) in [5.41, 5.74) is 10.2. The fraction of sp³-hybridized carbons (Fsp3) is 0.200. The van der Waals surface area contributed by atoms with Crippen LogP contribution in [0.1, 0.15) is 11.1 Å². The molecule has 2 aromatic rings. The number of ether oxygens (including phenoxy) is 1. The van der Waals surface area contributed by atoms with Crippen molar-refractivity contribution in [3.05, 3.63) is 53.6 Å². The van der Waals surface area contributed by atoms with Crippen molar-refractivity contribution in [2.24, 2.45) is 5.73 Å². The molecule has 0 bridgehead atoms. The van der Waals surface area contributed by atoms with Crippen molar-refractivity contribution in [2.75, 3.05) is 7.11 Å². The summed E-state index contributed by atoms with van der Waals surface area (Å²) in [5.74, 6) is 0.874. The molecule has 0 heterocycles. The van der Waals surface area contributed by atoms with Crippen LogP contribution in [0, 0.1) is 6.92 Å². The van der Waals surface area contributed by atoms with E-state index in [1.54, 1.807) is 7.11 Å². The molecule has 88 valence electrons. The van der Waals surface area contributed by atoms with E-state index in [4.69, 9.17) is 10.5 Å². The molecule has 0 saturated heterocycles. The first-order valence-corrected chi connectivity index (χ1v) is 5.68. The molecule has 2 N–H and O–H groups in total. The van der Waals surface area contributed by atoms with Crippen LogP contribution in [-0.4, -0.2) is 7.11 Å². The number of rotatable bonds is 3. The number of hydrogen-bond donors (Lipinski definition) is 1. The molecule has 17 heavy (non-hydrogen) atoms. The van der Waals surface area contributed by atoms with Crippen LogP contribution in [0.5, 0.6) is 5.75 Å². The molecule has 0 aliphatic carbocycles. The zero-order valence-electron chi connectivity index (χ0n) is 10.2. The summed E-state index contributed by atoms with van der Waals surface area (Å²) in [6.45, 7) is 2.62. The smallest absolute Gasteiger partial charge is 0.127 e. The zero-order chi connectivity index (χ0) is 12.3. The van der Waals surface area contributed by atoms with Gasteiger partial charge in [-0.1, -0.05) is 42.0 Å². The van der Waals surface area contributed by atoms with Gasteiger partial charge in [0.15, 0.2) is 0 Å². The van der Waals surface area contributed by atoms with E-state index in [0.717, 1.165) is 16.9 Å². The standard InChI is InChI=1S/C15H17NO/c1-11-4-3-5-13(8-11)14-7-6-12(10-16)9-15(14)17-2/h3-9H,10,16H2,1-2H3. The average Bonchev–Trinajstić information content (AvgIpc) is 2.38. The number of methoxy groups -OCH3 is 1. The largest absolute Gasteiger partial charge is 0.496 e. The summed E-state index contributed by atoms with van der Waals surface area (Å²) in [4.78, 5) is 0. The molecular weight excluding hydrogens is 210 g/mol. The molecule has 0 aliphatic heterocycles. The van der Waals surface area contributed by atoms with E-state index in [0.29, 0.717) is 6.54 Å². The molecule has 0 radical (unpaired) electrons. The monoisotopic (exact) mass is 227 g/mol. The molecule has 0 amide bonds. The lowest BCUT2D eigenvalue weighted by molar-refractivity contribution is 0.416. The van der Waals surface area contributed by atoms with Crippen molar-refractivity contribution >= 4 is 0 Å². The summed E-state index contributed by atoms with van der Waals surface area (Å²) >= 11 is 0. The van der Waals surface area contributed by atoms with Gasteiger partial charge in [-0.2, -0.15) is 0 Å². The van der Waals surface area contributed by atoms with Crippen LogP contribution in [0.4, 0.5) is 0 Å². The van der Waals surface area contributed by atoms with E-state index in [9.17, 15) is 0 Å². The first-order valence-electron chi connectivity index (χ1n) is 5.68. The average molecular weight is 227 g/mol. The van der Waals surface area contributed by atoms with E-state index in [-0.39, 0.29) is 0 Å². The predicted molar refractivity (Wildman–Crippen MR) is 71.1 cm³/mol. The SMILES string of the molecule is COc1cc(CN)ccc1-c1cccc(C)c1. The van der Waals surface area contributed by atoms with Crippen molar-refractivity contribution in [3.63, 3.8) is 0 Å². The van der Waals surface area contributed by atoms with Gasteiger partial charge < -0.3 is 10.5 Å². The lowest BCUT2D eigenvalue weighted by Gasteiger charge is -2.10. The maximum Gasteiger partial charge on any atom is 0.127 e. The van der Waals surface area contributed by atoms with Gasteiger partial charge in [0.1, 0.15) is 5.75 Å². The molecule has 0 fully saturated rings. The molecule has 2 rings (SSSR count). The van der Waals surface area contributed by atoms with Crippen LogP contribution in [0.25, 0.3) is 11.1 Å². The Balaban J connectivity index is 2.51. The lowest BCUT2D eigenvalue weighted by Crippen LogP contribution is -1.97. The fourth-order valence-corrected chi connectivity index (χ4v) is 1.91. The molecule has 0 spiro atoms. The van der Waals surface area contributed by atoms with Gasteiger partial charge in [0.05, 0.1) is 7.11 Å². The highest BCUT2D eigenvalue weighted by molar-refractivity contribution is 5.71. The highest BCUT2D eigenvalue weighted by Gasteiger charge is 2.06. The van der Waals surface area contributed by atoms with Crippen molar-refractivity contribution in [1.29, 1.82) is 0 Å². The third-order valence-electron chi connectivity index (χ3n) is 2.83. The van der Waals surface area contributed by atoms with Crippen LogP contribution in [0.2, 0.25) is 0 Å². The molecule has 2 aromatic carbocycles. The topological polar surface area (TPSA) is 35.2 Å². The van der Waals surface area contributed by atoms with Crippen LogP contribution in [0.15, 0.2) is 42.5 Å². The zero-order valence-corrected chi connectivity index (χ0v) is 10.2. The maximum absolute atomic E-state index is 5.63. The minimum atomic E-state index is 0.532. The summed E-state index contributed by atoms with van der Waals surface area (Å²) < 4.78 is 5.43. The molecule has 0 unspecified atom stereocenters. The fourth-order valence-electron chi connectivity index (χ4n) is 1.91. The Morgan fingerprint density at radius 3 is 2.59 bits per heavy atom. The molecule has 0 aromatic heterocycles. The Morgan fingerprint density at radius 2 is 1.94 bits per heavy atom. The second-order valence-corrected chi connectivity index (χ2v) is 4.11. The number of nitrogens with two attached hydrogens (primary N) is 1. The first kappa shape index (κ1) is 11.7. The Hall–Kier alpha value is -1.80. The maximum atomic E-state index is 5.63. The highest BCUT2D eigenvalue weighted by Crippen LogP contribution is 2.31. The summed E-state index contributed by atoms with van der Waals surface area (Å²) in [7, 11) is 1.69. The molecule has 2 nitrogen and oxygen atoms in total. The Kier molecular flexibility index (Phi) is 3.45. The second-order valence-electron chi connectivity index (χ2n) is 4.11. The predicted octanol–water partition coefficient (Wildman–Crippen LogP) is 3.13. The first-order chi connectivity index (χ1) is 8.24. The lowest BCUT2D eigenvalue weighted by atomic mass is 10.0. The van der Waals surface area contributed by atoms with Crippen molar-refractivity contribution in [3.8, 4) is 16.9 Å². The quantitative estimate of drug-likeness (QED) is 0.874. The van der Waals surface area contributed by atoms with Gasteiger partial charge in [0.2, 0.25) is 0 Å². The van der Waals surface area contributed by atoms with Gasteiger partial charge in [-0.05, 0) is 24.1 Å². The molecular formula is C15H17NO. The summed E-state index contributed by atoms with van der Waals surface area (Å²) in [6, 6.07) is 14.5. The Bertz CT molecular complexity index is 520. The van der Waals surface area contributed by atoms with Crippen LogP contribution >= 0.6 is 0 Å². The molecule has 2 heteroatoms. The van der Waals surface area contributed by atoms with Gasteiger partial charge in [0.25, 0.3) is 0 Å². The molecule has 0 aliphatic rings. The van der Waals surface area contributed by atoms with Crippen molar-refractivity contribution < 1.29 is 4.74 Å². The summed E-state index contributed by atoms with van der Waals surface area (Å²) in [5, 5.41) is 0. The molecule has 0 atom stereocenters. The number of aryl methyl sites for hydroxylation is 1. The Morgan fingerprint density at radius 1 is 1.12 bits per heavy atom. The van der Waals surface area contributed by atoms with Gasteiger partial charge in [-0.15, -0.1) is 0 Å². The van der Waals surface area contributed by atoms with Crippen molar-refractivity contribution in [1.82, 2.24) is 0 Å². The van der Waals surface area contributed by atoms with Crippen LogP contribution < -0.4 is 10.5 Å². The highest BCUT2D eigenvalue weighted by atomic mass is 16.5. The van der Waals surface area contributed by atoms with E-state index < -0.39 is 0 Å². The normalized spacial score (nSPS) is 10.3. The van der Waals surface area contributed by atoms with Crippen LogP contribution in [0.3, 0.4) is 0 Å². The van der Waals surface area contributed by atoms with Crippen molar-refractivity contribution in [2.45, 2.75) is 13.5 Å². The summed E-state index contributed by atoms with van der Waals surface area (Å²) in [6.07, 6.45) is 0. The molecule has 0 saturated carbocycles. The van der Waals surface area contributed by atoms with E-state index in [2.05, 4.69) is 37.3 Å². The van der Waals surface area contributed by atoms with Gasteiger partial charge in [0, 0.05) is 12.1 Å². The van der Waals surface area contributed by atoms with E-state index >= 15 is 0 Å². The Labute approximate surface area is 102 Å². The minimum Gasteiger partial charge on any atom is -0.496 e. The third kappa shape index (κ3) is 2.48. The van der Waals surface area contributed by atoms with Gasteiger partial charge in [-0.25, -0.2) is 0 Å². The second kappa shape index (κ2) is 5.02. The number of benzene rings is 2.